The Hall–Kier alpha value is -1.97. The summed E-state index contributed by atoms with van der Waals surface area (Å²) in [6, 6.07) is 8.79. The first-order chi connectivity index (χ1) is 9.65. The molecule has 1 unspecified atom stereocenters. The van der Waals surface area contributed by atoms with Crippen LogP contribution in [0.3, 0.4) is 0 Å². The van der Waals surface area contributed by atoms with Crippen molar-refractivity contribution in [3.63, 3.8) is 0 Å². The number of nitrogens with one attached hydrogen (secondary N) is 1. The van der Waals surface area contributed by atoms with Crippen molar-refractivity contribution in [2.24, 2.45) is 7.05 Å². The Morgan fingerprint density at radius 2 is 1.85 bits per heavy atom. The van der Waals surface area contributed by atoms with Gasteiger partial charge in [-0.1, -0.05) is 0 Å². The van der Waals surface area contributed by atoms with Crippen LogP contribution in [0.4, 0.5) is 11.4 Å². The lowest BCUT2D eigenvalue weighted by molar-refractivity contribution is 0.721. The van der Waals surface area contributed by atoms with Gasteiger partial charge in [-0.25, -0.2) is 4.98 Å². The summed E-state index contributed by atoms with van der Waals surface area (Å²) in [6.45, 7) is 8.55. The first-order valence-corrected chi connectivity index (χ1v) is 7.24. The Labute approximate surface area is 121 Å². The SMILES string of the molecule is CCN(CC)c1ccc(NC(C)c2nccn2C)cc1. The van der Waals surface area contributed by atoms with E-state index in [4.69, 9.17) is 0 Å². The first-order valence-electron chi connectivity index (χ1n) is 7.24. The maximum Gasteiger partial charge on any atom is 0.130 e. The van der Waals surface area contributed by atoms with Gasteiger partial charge in [0.1, 0.15) is 5.82 Å². The highest BCUT2D eigenvalue weighted by Crippen LogP contribution is 2.21. The van der Waals surface area contributed by atoms with Crippen LogP contribution in [-0.2, 0) is 7.05 Å². The van der Waals surface area contributed by atoms with Crippen molar-refractivity contribution >= 4 is 11.4 Å². The molecule has 4 heteroatoms. The second kappa shape index (κ2) is 6.46. The minimum atomic E-state index is 0.189. The molecule has 4 nitrogen and oxygen atoms in total. The van der Waals surface area contributed by atoms with Crippen molar-refractivity contribution in [2.75, 3.05) is 23.3 Å². The molecular formula is C16H24N4. The fourth-order valence-corrected chi connectivity index (χ4v) is 2.47. The normalized spacial score (nSPS) is 12.2. The molecule has 0 aliphatic heterocycles. The molecule has 1 aromatic carbocycles. The van der Waals surface area contributed by atoms with Gasteiger partial charge in [0.2, 0.25) is 0 Å². The molecule has 2 rings (SSSR count). The summed E-state index contributed by atoms with van der Waals surface area (Å²) in [5.74, 6) is 1.04. The van der Waals surface area contributed by atoms with Crippen molar-refractivity contribution < 1.29 is 0 Å². The highest BCUT2D eigenvalue weighted by Gasteiger charge is 2.10. The molecule has 108 valence electrons. The van der Waals surface area contributed by atoms with Gasteiger partial charge < -0.3 is 14.8 Å². The fraction of sp³-hybridized carbons (Fsp3) is 0.438. The van der Waals surface area contributed by atoms with Crippen molar-refractivity contribution in [3.05, 3.63) is 42.5 Å². The number of nitrogens with zero attached hydrogens (tertiary/aromatic N) is 3. The van der Waals surface area contributed by atoms with Gasteiger partial charge in [0.25, 0.3) is 0 Å². The third-order valence-electron chi connectivity index (χ3n) is 3.62. The predicted molar refractivity (Wildman–Crippen MR) is 85.2 cm³/mol. The average Bonchev–Trinajstić information content (AvgIpc) is 2.88. The van der Waals surface area contributed by atoms with Crippen molar-refractivity contribution in [1.82, 2.24) is 9.55 Å². The number of aromatic nitrogens is 2. The van der Waals surface area contributed by atoms with Gasteiger partial charge in [0.15, 0.2) is 0 Å². The minimum absolute atomic E-state index is 0.189. The molecule has 2 aromatic rings. The number of aryl methyl sites for hydroxylation is 1. The van der Waals surface area contributed by atoms with Crippen molar-refractivity contribution in [2.45, 2.75) is 26.8 Å². The van der Waals surface area contributed by atoms with E-state index >= 15 is 0 Å². The van der Waals surface area contributed by atoms with E-state index in [-0.39, 0.29) is 6.04 Å². The Balaban J connectivity index is 2.06. The van der Waals surface area contributed by atoms with E-state index in [0.29, 0.717) is 0 Å². The Kier molecular flexibility index (Phi) is 4.66. The number of rotatable bonds is 6. The Morgan fingerprint density at radius 1 is 1.20 bits per heavy atom. The third kappa shape index (κ3) is 3.13. The maximum atomic E-state index is 4.38. The summed E-state index contributed by atoms with van der Waals surface area (Å²) < 4.78 is 2.04. The minimum Gasteiger partial charge on any atom is -0.375 e. The number of imidazole rings is 1. The molecule has 0 aliphatic carbocycles. The van der Waals surface area contributed by atoms with E-state index in [0.717, 1.165) is 24.6 Å². The lowest BCUT2D eigenvalue weighted by Gasteiger charge is -2.22. The van der Waals surface area contributed by atoms with Crippen molar-refractivity contribution in [1.29, 1.82) is 0 Å². The summed E-state index contributed by atoms with van der Waals surface area (Å²) >= 11 is 0. The molecule has 0 bridgehead atoms. The second-order valence-electron chi connectivity index (χ2n) is 4.98. The zero-order chi connectivity index (χ0) is 14.5. The van der Waals surface area contributed by atoms with Gasteiger partial charge in [-0.3, -0.25) is 0 Å². The van der Waals surface area contributed by atoms with E-state index in [1.165, 1.54) is 5.69 Å². The molecule has 1 N–H and O–H groups in total. The highest BCUT2D eigenvalue weighted by molar-refractivity contribution is 5.55. The zero-order valence-corrected chi connectivity index (χ0v) is 12.8. The van der Waals surface area contributed by atoms with Gasteiger partial charge >= 0.3 is 0 Å². The maximum absolute atomic E-state index is 4.38. The molecule has 0 saturated carbocycles. The van der Waals surface area contributed by atoms with Crippen LogP contribution in [0.2, 0.25) is 0 Å². The van der Waals surface area contributed by atoms with Gasteiger partial charge in [-0.05, 0) is 45.0 Å². The molecule has 0 spiro atoms. The topological polar surface area (TPSA) is 33.1 Å². The summed E-state index contributed by atoms with van der Waals surface area (Å²) in [5.41, 5.74) is 2.39. The smallest absolute Gasteiger partial charge is 0.130 e. The molecule has 1 atom stereocenters. The fourth-order valence-electron chi connectivity index (χ4n) is 2.47. The molecule has 1 heterocycles. The number of anilines is 2. The summed E-state index contributed by atoms with van der Waals surface area (Å²) in [5, 5.41) is 3.49. The Morgan fingerprint density at radius 3 is 2.35 bits per heavy atom. The molecule has 20 heavy (non-hydrogen) atoms. The zero-order valence-electron chi connectivity index (χ0n) is 12.8. The number of hydrogen-bond donors (Lipinski definition) is 1. The van der Waals surface area contributed by atoms with E-state index in [9.17, 15) is 0 Å². The molecule has 1 aromatic heterocycles. The van der Waals surface area contributed by atoms with Gasteiger partial charge in [-0.2, -0.15) is 0 Å². The molecule has 0 saturated heterocycles. The standard InChI is InChI=1S/C16H24N4/c1-5-20(6-2)15-9-7-14(8-10-15)18-13(3)16-17-11-12-19(16)4/h7-13,18H,5-6H2,1-4H3. The predicted octanol–water partition coefficient (Wildman–Crippen LogP) is 3.44. The number of benzene rings is 1. The van der Waals surface area contributed by atoms with Crippen LogP contribution in [0.15, 0.2) is 36.7 Å². The van der Waals surface area contributed by atoms with Crippen LogP contribution in [-0.4, -0.2) is 22.6 Å². The van der Waals surface area contributed by atoms with Crippen LogP contribution < -0.4 is 10.2 Å². The van der Waals surface area contributed by atoms with Crippen LogP contribution in [0.25, 0.3) is 0 Å². The molecule has 0 radical (unpaired) electrons. The van der Waals surface area contributed by atoms with Gasteiger partial charge in [0, 0.05) is 43.9 Å². The second-order valence-corrected chi connectivity index (χ2v) is 4.98. The lowest BCUT2D eigenvalue weighted by atomic mass is 10.2. The quantitative estimate of drug-likeness (QED) is 0.874. The van der Waals surface area contributed by atoms with Crippen LogP contribution in [0.1, 0.15) is 32.6 Å². The van der Waals surface area contributed by atoms with Gasteiger partial charge in [0.05, 0.1) is 6.04 Å². The lowest BCUT2D eigenvalue weighted by Crippen LogP contribution is -2.21. The molecular weight excluding hydrogens is 248 g/mol. The highest BCUT2D eigenvalue weighted by atomic mass is 15.1. The molecule has 0 fully saturated rings. The van der Waals surface area contributed by atoms with Crippen molar-refractivity contribution in [3.8, 4) is 0 Å². The largest absolute Gasteiger partial charge is 0.375 e. The number of hydrogen-bond acceptors (Lipinski definition) is 3. The van der Waals surface area contributed by atoms with E-state index < -0.39 is 0 Å². The summed E-state index contributed by atoms with van der Waals surface area (Å²) in [6.07, 6.45) is 3.80. The van der Waals surface area contributed by atoms with Crippen LogP contribution in [0, 0.1) is 0 Å². The average molecular weight is 272 g/mol. The first kappa shape index (κ1) is 14.4. The van der Waals surface area contributed by atoms with E-state index in [1.807, 2.05) is 24.0 Å². The van der Waals surface area contributed by atoms with E-state index in [1.54, 1.807) is 0 Å². The van der Waals surface area contributed by atoms with Crippen LogP contribution >= 0.6 is 0 Å². The summed E-state index contributed by atoms with van der Waals surface area (Å²) in [4.78, 5) is 6.72. The monoisotopic (exact) mass is 272 g/mol. The molecule has 0 aliphatic rings. The Bertz CT molecular complexity index is 526. The van der Waals surface area contributed by atoms with Crippen LogP contribution in [0.5, 0.6) is 0 Å². The molecule has 0 amide bonds. The van der Waals surface area contributed by atoms with E-state index in [2.05, 4.69) is 60.2 Å². The third-order valence-corrected chi connectivity index (χ3v) is 3.62. The summed E-state index contributed by atoms with van der Waals surface area (Å²) in [7, 11) is 2.02. The van der Waals surface area contributed by atoms with Gasteiger partial charge in [-0.15, -0.1) is 0 Å².